The van der Waals surface area contributed by atoms with Crippen molar-refractivity contribution in [2.75, 3.05) is 30.9 Å². The molecular formula is C15H24N2O3. The summed E-state index contributed by atoms with van der Waals surface area (Å²) in [4.78, 5) is 11.7. The number of nitrogens with one attached hydrogen (secondary N) is 1. The summed E-state index contributed by atoms with van der Waals surface area (Å²) in [7, 11) is 0. The molecule has 0 fully saturated rings. The predicted molar refractivity (Wildman–Crippen MR) is 80.6 cm³/mol. The molecule has 1 atom stereocenters. The molecule has 1 aromatic rings. The third-order valence-corrected chi connectivity index (χ3v) is 2.74. The van der Waals surface area contributed by atoms with Gasteiger partial charge >= 0.3 is 0 Å². The van der Waals surface area contributed by atoms with E-state index in [1.165, 1.54) is 0 Å². The molecule has 0 bridgehead atoms. The van der Waals surface area contributed by atoms with Crippen LogP contribution < -0.4 is 11.1 Å². The first-order valence-corrected chi connectivity index (χ1v) is 6.97. The van der Waals surface area contributed by atoms with Crippen molar-refractivity contribution in [3.05, 3.63) is 24.3 Å². The maximum atomic E-state index is 11.7. The third-order valence-electron chi connectivity index (χ3n) is 2.74. The van der Waals surface area contributed by atoms with Gasteiger partial charge in [0.25, 0.3) is 0 Å². The van der Waals surface area contributed by atoms with Crippen LogP contribution in [-0.2, 0) is 14.3 Å². The standard InChI is InChI=1S/C15H24N2O3/c1-3-19-11-12(2)20-10-6-9-15(18)17-14-8-5-4-7-13(14)16/h4-5,7-8,12H,3,6,9-11,16H2,1-2H3,(H,17,18). The van der Waals surface area contributed by atoms with Gasteiger partial charge in [0.2, 0.25) is 5.91 Å². The minimum absolute atomic E-state index is 0.0519. The first kappa shape index (κ1) is 16.5. The molecule has 0 radical (unpaired) electrons. The zero-order chi connectivity index (χ0) is 14.8. The van der Waals surface area contributed by atoms with E-state index in [2.05, 4.69) is 5.32 Å². The molecule has 0 aliphatic rings. The number of benzene rings is 1. The highest BCUT2D eigenvalue weighted by Crippen LogP contribution is 2.16. The number of para-hydroxylation sites is 2. The minimum Gasteiger partial charge on any atom is -0.397 e. The highest BCUT2D eigenvalue weighted by molar-refractivity contribution is 5.93. The second kappa shape index (κ2) is 9.34. The Labute approximate surface area is 120 Å². The highest BCUT2D eigenvalue weighted by atomic mass is 16.5. The Morgan fingerprint density at radius 1 is 1.40 bits per heavy atom. The predicted octanol–water partition coefficient (Wildman–Crippen LogP) is 2.43. The Morgan fingerprint density at radius 2 is 2.15 bits per heavy atom. The molecule has 1 rings (SSSR count). The van der Waals surface area contributed by atoms with E-state index in [9.17, 15) is 4.79 Å². The summed E-state index contributed by atoms with van der Waals surface area (Å²) in [6, 6.07) is 7.21. The lowest BCUT2D eigenvalue weighted by atomic mass is 10.2. The maximum Gasteiger partial charge on any atom is 0.224 e. The lowest BCUT2D eigenvalue weighted by molar-refractivity contribution is -0.116. The molecule has 0 aromatic heterocycles. The molecular weight excluding hydrogens is 256 g/mol. The van der Waals surface area contributed by atoms with Crippen molar-refractivity contribution in [1.29, 1.82) is 0 Å². The van der Waals surface area contributed by atoms with Crippen LogP contribution in [0.2, 0.25) is 0 Å². The van der Waals surface area contributed by atoms with Gasteiger partial charge in [-0.2, -0.15) is 0 Å². The van der Waals surface area contributed by atoms with Crippen LogP contribution in [0.4, 0.5) is 11.4 Å². The van der Waals surface area contributed by atoms with Crippen LogP contribution in [0.1, 0.15) is 26.7 Å². The summed E-state index contributed by atoms with van der Waals surface area (Å²) in [5.41, 5.74) is 6.98. The Balaban J connectivity index is 2.16. The van der Waals surface area contributed by atoms with Gasteiger partial charge in [-0.1, -0.05) is 12.1 Å². The number of anilines is 2. The van der Waals surface area contributed by atoms with Gasteiger partial charge in [-0.05, 0) is 32.4 Å². The van der Waals surface area contributed by atoms with Gasteiger partial charge in [0.1, 0.15) is 0 Å². The van der Waals surface area contributed by atoms with E-state index in [0.717, 1.165) is 0 Å². The van der Waals surface area contributed by atoms with E-state index in [0.29, 0.717) is 44.0 Å². The van der Waals surface area contributed by atoms with Gasteiger partial charge in [0.05, 0.1) is 24.1 Å². The summed E-state index contributed by atoms with van der Waals surface area (Å²) >= 11 is 0. The average molecular weight is 280 g/mol. The van der Waals surface area contributed by atoms with Crippen LogP contribution in [0.5, 0.6) is 0 Å². The van der Waals surface area contributed by atoms with E-state index in [1.54, 1.807) is 12.1 Å². The fraction of sp³-hybridized carbons (Fsp3) is 0.533. The Hall–Kier alpha value is -1.59. The van der Waals surface area contributed by atoms with Crippen molar-refractivity contribution in [2.45, 2.75) is 32.8 Å². The number of nitrogen functional groups attached to an aromatic ring is 1. The van der Waals surface area contributed by atoms with Crippen LogP contribution in [0.3, 0.4) is 0 Å². The molecule has 0 heterocycles. The summed E-state index contributed by atoms with van der Waals surface area (Å²) in [5, 5.41) is 2.79. The van der Waals surface area contributed by atoms with Crippen LogP contribution >= 0.6 is 0 Å². The number of carbonyl (C=O) groups is 1. The minimum atomic E-state index is -0.0519. The van der Waals surface area contributed by atoms with E-state index in [1.807, 2.05) is 26.0 Å². The zero-order valence-corrected chi connectivity index (χ0v) is 12.2. The number of hydrogen-bond acceptors (Lipinski definition) is 4. The van der Waals surface area contributed by atoms with E-state index < -0.39 is 0 Å². The van der Waals surface area contributed by atoms with E-state index >= 15 is 0 Å². The van der Waals surface area contributed by atoms with Gasteiger partial charge in [-0.25, -0.2) is 0 Å². The average Bonchev–Trinajstić information content (AvgIpc) is 2.44. The molecule has 0 saturated carbocycles. The zero-order valence-electron chi connectivity index (χ0n) is 12.2. The second-order valence-electron chi connectivity index (χ2n) is 4.58. The fourth-order valence-electron chi connectivity index (χ4n) is 1.67. The largest absolute Gasteiger partial charge is 0.397 e. The highest BCUT2D eigenvalue weighted by Gasteiger charge is 2.06. The van der Waals surface area contributed by atoms with Gasteiger partial charge in [-0.15, -0.1) is 0 Å². The number of nitrogens with two attached hydrogens (primary N) is 1. The van der Waals surface area contributed by atoms with Gasteiger partial charge in [0.15, 0.2) is 0 Å². The van der Waals surface area contributed by atoms with Gasteiger partial charge in [-0.3, -0.25) is 4.79 Å². The number of ether oxygens (including phenoxy) is 2. The molecule has 3 N–H and O–H groups in total. The molecule has 5 nitrogen and oxygen atoms in total. The normalized spacial score (nSPS) is 12.1. The summed E-state index contributed by atoms with van der Waals surface area (Å²) in [6.07, 6.45) is 1.15. The molecule has 5 heteroatoms. The summed E-state index contributed by atoms with van der Waals surface area (Å²) < 4.78 is 10.8. The van der Waals surface area contributed by atoms with E-state index in [4.69, 9.17) is 15.2 Å². The van der Waals surface area contributed by atoms with Crippen LogP contribution in [0, 0.1) is 0 Å². The smallest absolute Gasteiger partial charge is 0.224 e. The molecule has 0 spiro atoms. The van der Waals surface area contributed by atoms with Crippen molar-refractivity contribution in [1.82, 2.24) is 0 Å². The number of rotatable bonds is 9. The topological polar surface area (TPSA) is 73.6 Å². The quantitative estimate of drug-likeness (QED) is 0.538. The van der Waals surface area contributed by atoms with Gasteiger partial charge < -0.3 is 20.5 Å². The second-order valence-corrected chi connectivity index (χ2v) is 4.58. The molecule has 20 heavy (non-hydrogen) atoms. The lowest BCUT2D eigenvalue weighted by Gasteiger charge is -2.12. The number of hydrogen-bond donors (Lipinski definition) is 2. The molecule has 112 valence electrons. The van der Waals surface area contributed by atoms with Crippen molar-refractivity contribution in [2.24, 2.45) is 0 Å². The molecule has 0 saturated heterocycles. The Kier molecular flexibility index (Phi) is 7.69. The monoisotopic (exact) mass is 280 g/mol. The Bertz CT molecular complexity index is 410. The van der Waals surface area contributed by atoms with Crippen LogP contribution in [0.15, 0.2) is 24.3 Å². The van der Waals surface area contributed by atoms with Crippen molar-refractivity contribution in [3.8, 4) is 0 Å². The lowest BCUT2D eigenvalue weighted by Crippen LogP contribution is -2.18. The van der Waals surface area contributed by atoms with Crippen LogP contribution in [-0.4, -0.2) is 31.8 Å². The van der Waals surface area contributed by atoms with E-state index in [-0.39, 0.29) is 12.0 Å². The first-order valence-electron chi connectivity index (χ1n) is 6.97. The molecule has 1 amide bonds. The Morgan fingerprint density at radius 3 is 2.85 bits per heavy atom. The van der Waals surface area contributed by atoms with Crippen LogP contribution in [0.25, 0.3) is 0 Å². The summed E-state index contributed by atoms with van der Waals surface area (Å²) in [6.45, 7) is 5.73. The maximum absolute atomic E-state index is 11.7. The molecule has 0 aliphatic carbocycles. The summed E-state index contributed by atoms with van der Waals surface area (Å²) in [5.74, 6) is -0.0519. The number of carbonyl (C=O) groups excluding carboxylic acids is 1. The number of amides is 1. The van der Waals surface area contributed by atoms with Crippen molar-refractivity contribution < 1.29 is 14.3 Å². The van der Waals surface area contributed by atoms with Crippen molar-refractivity contribution >= 4 is 17.3 Å². The molecule has 0 aliphatic heterocycles. The third kappa shape index (κ3) is 6.54. The molecule has 1 unspecified atom stereocenters. The van der Waals surface area contributed by atoms with Gasteiger partial charge in [0, 0.05) is 19.6 Å². The molecule has 1 aromatic carbocycles. The first-order chi connectivity index (χ1) is 9.63. The SMILES string of the molecule is CCOCC(C)OCCCC(=O)Nc1ccccc1N. The fourth-order valence-corrected chi connectivity index (χ4v) is 1.67. The van der Waals surface area contributed by atoms with Crippen molar-refractivity contribution in [3.63, 3.8) is 0 Å².